The highest BCUT2D eigenvalue weighted by molar-refractivity contribution is 6.17. The van der Waals surface area contributed by atoms with E-state index in [-0.39, 0.29) is 11.8 Å². The Balaban J connectivity index is 1.58. The molecule has 0 aromatic heterocycles. The van der Waals surface area contributed by atoms with Gasteiger partial charge in [-0.2, -0.15) is 0 Å². The van der Waals surface area contributed by atoms with E-state index < -0.39 is 0 Å². The summed E-state index contributed by atoms with van der Waals surface area (Å²) in [6.45, 7) is 0. The van der Waals surface area contributed by atoms with Gasteiger partial charge in [-0.3, -0.25) is 9.59 Å². The van der Waals surface area contributed by atoms with Gasteiger partial charge in [0.2, 0.25) is 5.91 Å². The van der Waals surface area contributed by atoms with Gasteiger partial charge in [-0.05, 0) is 52.9 Å². The molecule has 1 aliphatic heterocycles. The molecule has 1 N–H and O–H groups in total. The van der Waals surface area contributed by atoms with Crippen molar-refractivity contribution in [2.75, 3.05) is 17.3 Å². The number of aryl methyl sites for hydroxylation is 1. The molecule has 0 saturated carbocycles. The van der Waals surface area contributed by atoms with Crippen molar-refractivity contribution in [3.63, 3.8) is 0 Å². The van der Waals surface area contributed by atoms with Crippen LogP contribution < -0.4 is 10.2 Å². The van der Waals surface area contributed by atoms with E-state index in [1.54, 1.807) is 11.9 Å². The molecule has 5 heteroatoms. The number of anilines is 2. The summed E-state index contributed by atoms with van der Waals surface area (Å²) in [7, 11) is 1.76. The van der Waals surface area contributed by atoms with E-state index in [1.807, 2.05) is 66.7 Å². The minimum Gasteiger partial charge on any atom is -0.322 e. The van der Waals surface area contributed by atoms with Gasteiger partial charge in [0.25, 0.3) is 5.91 Å². The normalized spacial score (nSPS) is 13.2. The molecule has 1 aliphatic rings. The molecule has 3 aromatic carbocycles. The number of benzene rings is 3. The molecule has 2 amide bonds. The monoisotopic (exact) mass is 404 g/mol. The van der Waals surface area contributed by atoms with E-state index in [1.165, 1.54) is 0 Å². The van der Waals surface area contributed by atoms with E-state index >= 15 is 0 Å². The van der Waals surface area contributed by atoms with Crippen LogP contribution in [-0.4, -0.2) is 18.9 Å². The van der Waals surface area contributed by atoms with Crippen LogP contribution in [0, 0.1) is 0 Å². The SMILES string of the molecule is CN1C(=O)CCc2ccc(NC(=O)c3ccc(-c4ccccc4)c(CCl)c3)cc21. The summed E-state index contributed by atoms with van der Waals surface area (Å²) >= 11 is 6.16. The van der Waals surface area contributed by atoms with E-state index in [4.69, 9.17) is 11.6 Å². The molecule has 0 saturated heterocycles. The summed E-state index contributed by atoms with van der Waals surface area (Å²) in [5, 5.41) is 2.93. The lowest BCUT2D eigenvalue weighted by Gasteiger charge is -2.26. The van der Waals surface area contributed by atoms with Crippen molar-refractivity contribution in [3.05, 3.63) is 83.4 Å². The highest BCUT2D eigenvalue weighted by Gasteiger charge is 2.21. The molecule has 3 aromatic rings. The van der Waals surface area contributed by atoms with Crippen LogP contribution in [0.15, 0.2) is 66.7 Å². The summed E-state index contributed by atoms with van der Waals surface area (Å²) in [5.74, 6) is 0.196. The number of fused-ring (bicyclic) bond motifs is 1. The van der Waals surface area contributed by atoms with Gasteiger partial charge in [-0.1, -0.05) is 42.5 Å². The molecule has 1 heterocycles. The van der Waals surface area contributed by atoms with Gasteiger partial charge in [-0.25, -0.2) is 0 Å². The number of carbonyl (C=O) groups is 2. The van der Waals surface area contributed by atoms with E-state index in [0.717, 1.165) is 34.4 Å². The second-order valence-corrected chi connectivity index (χ2v) is 7.39. The molecule has 0 fully saturated rings. The van der Waals surface area contributed by atoms with Crippen LogP contribution in [-0.2, 0) is 17.1 Å². The van der Waals surface area contributed by atoms with Gasteiger partial charge >= 0.3 is 0 Å². The summed E-state index contributed by atoms with van der Waals surface area (Å²) in [6, 6.07) is 21.2. The average Bonchev–Trinajstić information content (AvgIpc) is 2.76. The van der Waals surface area contributed by atoms with E-state index in [9.17, 15) is 9.59 Å². The first-order chi connectivity index (χ1) is 14.1. The maximum Gasteiger partial charge on any atom is 0.255 e. The first-order valence-corrected chi connectivity index (χ1v) is 10.1. The molecular weight excluding hydrogens is 384 g/mol. The number of hydrogen-bond acceptors (Lipinski definition) is 2. The Morgan fingerprint density at radius 1 is 1.03 bits per heavy atom. The molecule has 29 heavy (non-hydrogen) atoms. The van der Waals surface area contributed by atoms with Crippen LogP contribution in [0.5, 0.6) is 0 Å². The van der Waals surface area contributed by atoms with Crippen molar-refractivity contribution in [3.8, 4) is 11.1 Å². The third kappa shape index (κ3) is 3.89. The molecule has 0 spiro atoms. The predicted octanol–water partition coefficient (Wildman–Crippen LogP) is 5.25. The summed E-state index contributed by atoms with van der Waals surface area (Å²) in [4.78, 5) is 26.4. The summed E-state index contributed by atoms with van der Waals surface area (Å²) in [5.41, 5.74) is 6.16. The number of alkyl halides is 1. The largest absolute Gasteiger partial charge is 0.322 e. The molecule has 0 atom stereocenters. The molecule has 4 rings (SSSR count). The molecule has 0 radical (unpaired) electrons. The van der Waals surface area contributed by atoms with Crippen molar-refractivity contribution in [2.24, 2.45) is 0 Å². The predicted molar refractivity (Wildman–Crippen MR) is 118 cm³/mol. The van der Waals surface area contributed by atoms with Gasteiger partial charge < -0.3 is 10.2 Å². The number of nitrogens with zero attached hydrogens (tertiary/aromatic N) is 1. The minimum absolute atomic E-state index is 0.0873. The van der Waals surface area contributed by atoms with Crippen LogP contribution in [0.25, 0.3) is 11.1 Å². The Morgan fingerprint density at radius 3 is 2.59 bits per heavy atom. The smallest absolute Gasteiger partial charge is 0.255 e. The maximum absolute atomic E-state index is 12.8. The molecule has 146 valence electrons. The number of amides is 2. The van der Waals surface area contributed by atoms with Crippen molar-refractivity contribution in [2.45, 2.75) is 18.7 Å². The molecule has 0 bridgehead atoms. The molecule has 4 nitrogen and oxygen atoms in total. The molecular formula is C24H21ClN2O2. The first-order valence-electron chi connectivity index (χ1n) is 9.52. The average molecular weight is 405 g/mol. The lowest BCUT2D eigenvalue weighted by atomic mass is 9.98. The Morgan fingerprint density at radius 2 is 1.83 bits per heavy atom. The maximum atomic E-state index is 12.8. The fourth-order valence-electron chi connectivity index (χ4n) is 3.66. The van der Waals surface area contributed by atoms with E-state index in [2.05, 4.69) is 5.32 Å². The van der Waals surface area contributed by atoms with Gasteiger partial charge in [0.15, 0.2) is 0 Å². The Labute approximate surface area is 175 Å². The summed E-state index contributed by atoms with van der Waals surface area (Å²) in [6.07, 6.45) is 1.25. The second-order valence-electron chi connectivity index (χ2n) is 7.12. The number of carbonyl (C=O) groups excluding carboxylic acids is 2. The quantitative estimate of drug-likeness (QED) is 0.603. The lowest BCUT2D eigenvalue weighted by molar-refractivity contribution is -0.118. The standard InChI is InChI=1S/C24H21ClN2O2/c1-27-22-14-20(10-7-17(22)9-12-23(27)28)26-24(29)18-8-11-21(19(13-18)15-25)16-5-3-2-4-6-16/h2-8,10-11,13-14H,9,12,15H2,1H3,(H,26,29). The highest BCUT2D eigenvalue weighted by atomic mass is 35.5. The lowest BCUT2D eigenvalue weighted by Crippen LogP contribution is -2.31. The molecule has 0 unspecified atom stereocenters. The first kappa shape index (κ1) is 19.2. The van der Waals surface area contributed by atoms with Gasteiger partial charge in [0.1, 0.15) is 0 Å². The fourth-order valence-corrected chi connectivity index (χ4v) is 3.88. The summed E-state index contributed by atoms with van der Waals surface area (Å²) < 4.78 is 0. The number of nitrogens with one attached hydrogen (secondary N) is 1. The zero-order chi connectivity index (χ0) is 20.4. The van der Waals surface area contributed by atoms with Crippen LogP contribution in [0.4, 0.5) is 11.4 Å². The van der Waals surface area contributed by atoms with Crippen molar-refractivity contribution in [1.82, 2.24) is 0 Å². The van der Waals surface area contributed by atoms with Crippen molar-refractivity contribution in [1.29, 1.82) is 0 Å². The third-order valence-corrected chi connectivity index (χ3v) is 5.57. The molecule has 0 aliphatic carbocycles. The van der Waals surface area contributed by atoms with Gasteiger partial charge in [0, 0.05) is 36.3 Å². The third-order valence-electron chi connectivity index (χ3n) is 5.28. The zero-order valence-corrected chi connectivity index (χ0v) is 16.9. The number of halogens is 1. The Hall–Kier alpha value is -3.11. The Bertz CT molecular complexity index is 1080. The number of rotatable bonds is 4. The van der Waals surface area contributed by atoms with E-state index in [0.29, 0.717) is 23.6 Å². The van der Waals surface area contributed by atoms with Crippen molar-refractivity contribution >= 4 is 34.8 Å². The fraction of sp³-hybridized carbons (Fsp3) is 0.167. The van der Waals surface area contributed by atoms with Crippen LogP contribution >= 0.6 is 11.6 Å². The van der Waals surface area contributed by atoms with Gasteiger partial charge in [0.05, 0.1) is 0 Å². The van der Waals surface area contributed by atoms with Crippen LogP contribution in [0.3, 0.4) is 0 Å². The highest BCUT2D eigenvalue weighted by Crippen LogP contribution is 2.30. The zero-order valence-electron chi connectivity index (χ0n) is 16.1. The van der Waals surface area contributed by atoms with Crippen molar-refractivity contribution < 1.29 is 9.59 Å². The van der Waals surface area contributed by atoms with Gasteiger partial charge in [-0.15, -0.1) is 11.6 Å². The Kier molecular flexibility index (Phi) is 5.36. The number of hydrogen-bond donors (Lipinski definition) is 1. The minimum atomic E-state index is -0.208. The van der Waals surface area contributed by atoms with Crippen LogP contribution in [0.2, 0.25) is 0 Å². The second kappa shape index (κ2) is 8.10. The topological polar surface area (TPSA) is 49.4 Å². The van der Waals surface area contributed by atoms with Crippen LogP contribution in [0.1, 0.15) is 27.9 Å².